The molecule has 0 aliphatic rings. The number of hydrogen-bond acceptors (Lipinski definition) is 2. The van der Waals surface area contributed by atoms with Crippen molar-refractivity contribution >= 4 is 11.9 Å². The van der Waals surface area contributed by atoms with Crippen molar-refractivity contribution in [2.75, 3.05) is 0 Å². The minimum absolute atomic E-state index is 0.190. The molecule has 0 spiro atoms. The highest BCUT2D eigenvalue weighted by Gasteiger charge is 2.13. The second-order valence-corrected chi connectivity index (χ2v) is 5.77. The third-order valence-corrected chi connectivity index (χ3v) is 4.08. The van der Waals surface area contributed by atoms with Crippen LogP contribution in [0.25, 0.3) is 11.1 Å². The predicted octanol–water partition coefficient (Wildman–Crippen LogP) is 5.05. The van der Waals surface area contributed by atoms with Gasteiger partial charge in [-0.15, -0.1) is 0 Å². The fraction of sp³-hybridized carbons (Fsp3) is 0.0909. The van der Waals surface area contributed by atoms with E-state index in [1.807, 2.05) is 0 Å². The molecule has 3 aromatic carbocycles. The molecule has 4 heteroatoms. The molecule has 132 valence electrons. The van der Waals surface area contributed by atoms with Crippen molar-refractivity contribution in [3.8, 4) is 11.1 Å². The zero-order valence-electron chi connectivity index (χ0n) is 14.6. The topological polar surface area (TPSA) is 74.6 Å². The maximum atomic E-state index is 10.5. The maximum absolute atomic E-state index is 10.5. The summed E-state index contributed by atoms with van der Waals surface area (Å²) >= 11 is 0. The summed E-state index contributed by atoms with van der Waals surface area (Å²) in [6.07, 6.45) is 0. The Morgan fingerprint density at radius 2 is 1.15 bits per heavy atom. The van der Waals surface area contributed by atoms with Gasteiger partial charge in [-0.05, 0) is 48.2 Å². The highest BCUT2D eigenvalue weighted by Crippen LogP contribution is 2.24. The molecule has 4 nitrogen and oxygen atoms in total. The van der Waals surface area contributed by atoms with Gasteiger partial charge in [0.05, 0.1) is 11.1 Å². The van der Waals surface area contributed by atoms with E-state index in [0.29, 0.717) is 0 Å². The molecule has 0 saturated carbocycles. The van der Waals surface area contributed by atoms with Crippen LogP contribution < -0.4 is 0 Å². The van der Waals surface area contributed by atoms with Gasteiger partial charge in [-0.25, -0.2) is 9.59 Å². The van der Waals surface area contributed by atoms with Crippen molar-refractivity contribution in [1.82, 2.24) is 0 Å². The number of aryl methyl sites for hydroxylation is 1. The van der Waals surface area contributed by atoms with Gasteiger partial charge in [-0.3, -0.25) is 0 Å². The SMILES string of the molecule is Cc1cccc(-c2ccccc2)c1C.O=C(O)c1ccccc1C(=O)O. The molecule has 0 unspecified atom stereocenters. The lowest BCUT2D eigenvalue weighted by atomic mass is 9.97. The van der Waals surface area contributed by atoms with Gasteiger partial charge in [0.1, 0.15) is 0 Å². The van der Waals surface area contributed by atoms with E-state index in [-0.39, 0.29) is 11.1 Å². The van der Waals surface area contributed by atoms with Crippen LogP contribution in [0, 0.1) is 13.8 Å². The molecule has 0 amide bonds. The Morgan fingerprint density at radius 3 is 1.65 bits per heavy atom. The zero-order valence-corrected chi connectivity index (χ0v) is 14.6. The highest BCUT2D eigenvalue weighted by atomic mass is 16.4. The Morgan fingerprint density at radius 1 is 0.654 bits per heavy atom. The van der Waals surface area contributed by atoms with Gasteiger partial charge in [-0.2, -0.15) is 0 Å². The Bertz CT molecular complexity index is 881. The Balaban J connectivity index is 0.000000190. The molecular weight excluding hydrogens is 328 g/mol. The van der Waals surface area contributed by atoms with Crippen LogP contribution in [0.1, 0.15) is 31.8 Å². The van der Waals surface area contributed by atoms with Crippen molar-refractivity contribution in [3.63, 3.8) is 0 Å². The second-order valence-electron chi connectivity index (χ2n) is 5.77. The first-order chi connectivity index (χ1) is 12.4. The average Bonchev–Trinajstić information content (AvgIpc) is 2.65. The fourth-order valence-corrected chi connectivity index (χ4v) is 2.54. The van der Waals surface area contributed by atoms with Crippen LogP contribution in [-0.4, -0.2) is 22.2 Å². The number of rotatable bonds is 3. The molecule has 0 saturated heterocycles. The fourth-order valence-electron chi connectivity index (χ4n) is 2.54. The lowest BCUT2D eigenvalue weighted by molar-refractivity contribution is 0.0651. The lowest BCUT2D eigenvalue weighted by Gasteiger charge is -2.07. The molecule has 0 fully saturated rings. The van der Waals surface area contributed by atoms with E-state index in [9.17, 15) is 9.59 Å². The quantitative estimate of drug-likeness (QED) is 0.694. The number of carboxylic acids is 2. The minimum Gasteiger partial charge on any atom is -0.478 e. The van der Waals surface area contributed by atoms with Crippen LogP contribution in [0.4, 0.5) is 0 Å². The van der Waals surface area contributed by atoms with Gasteiger partial charge in [0.2, 0.25) is 0 Å². The van der Waals surface area contributed by atoms with Crippen LogP contribution in [0.5, 0.6) is 0 Å². The molecule has 3 aromatic rings. The first-order valence-corrected chi connectivity index (χ1v) is 8.09. The summed E-state index contributed by atoms with van der Waals surface area (Å²) in [5.74, 6) is -2.46. The molecule has 0 radical (unpaired) electrons. The zero-order chi connectivity index (χ0) is 19.1. The number of benzene rings is 3. The van der Waals surface area contributed by atoms with Crippen molar-refractivity contribution in [2.24, 2.45) is 0 Å². The predicted molar refractivity (Wildman–Crippen MR) is 102 cm³/mol. The van der Waals surface area contributed by atoms with Crippen molar-refractivity contribution in [3.05, 3.63) is 95.1 Å². The molecule has 0 aromatic heterocycles. The summed E-state index contributed by atoms with van der Waals surface area (Å²) in [6.45, 7) is 4.33. The van der Waals surface area contributed by atoms with E-state index in [1.54, 1.807) is 0 Å². The molecule has 2 N–H and O–H groups in total. The molecule has 0 atom stereocenters. The van der Waals surface area contributed by atoms with E-state index in [1.165, 1.54) is 46.5 Å². The first kappa shape index (κ1) is 18.9. The van der Waals surface area contributed by atoms with E-state index >= 15 is 0 Å². The van der Waals surface area contributed by atoms with Crippen LogP contribution >= 0.6 is 0 Å². The Labute approximate surface area is 152 Å². The Kier molecular flexibility index (Phi) is 6.28. The van der Waals surface area contributed by atoms with E-state index < -0.39 is 11.9 Å². The van der Waals surface area contributed by atoms with E-state index in [4.69, 9.17) is 10.2 Å². The maximum Gasteiger partial charge on any atom is 0.336 e. The summed E-state index contributed by atoms with van der Waals surface area (Å²) in [7, 11) is 0. The minimum atomic E-state index is -1.23. The van der Waals surface area contributed by atoms with Crippen LogP contribution in [-0.2, 0) is 0 Å². The number of hydrogen-bond donors (Lipinski definition) is 2. The second kappa shape index (κ2) is 8.62. The average molecular weight is 348 g/mol. The van der Waals surface area contributed by atoms with Gasteiger partial charge in [-0.1, -0.05) is 60.7 Å². The number of carboxylic acid groups (broad SMARTS) is 2. The third kappa shape index (κ3) is 4.57. The van der Waals surface area contributed by atoms with Crippen LogP contribution in [0.3, 0.4) is 0 Å². The van der Waals surface area contributed by atoms with Crippen molar-refractivity contribution in [1.29, 1.82) is 0 Å². The lowest BCUT2D eigenvalue weighted by Crippen LogP contribution is -2.06. The molecular formula is C22H20O4. The standard InChI is InChI=1S/C14H14.C8H6O4/c1-11-7-6-10-14(12(11)2)13-8-4-3-5-9-13;9-7(10)5-3-1-2-4-6(5)8(11)12/h3-10H,1-2H3;1-4H,(H,9,10)(H,11,12). The molecule has 0 bridgehead atoms. The van der Waals surface area contributed by atoms with Gasteiger partial charge < -0.3 is 10.2 Å². The largest absolute Gasteiger partial charge is 0.478 e. The smallest absolute Gasteiger partial charge is 0.336 e. The van der Waals surface area contributed by atoms with Crippen LogP contribution in [0.15, 0.2) is 72.8 Å². The molecule has 0 aliphatic carbocycles. The highest BCUT2D eigenvalue weighted by molar-refractivity contribution is 6.01. The molecule has 0 heterocycles. The number of carbonyl (C=O) groups is 2. The summed E-state index contributed by atoms with van der Waals surface area (Å²) < 4.78 is 0. The van der Waals surface area contributed by atoms with E-state index in [0.717, 1.165) is 0 Å². The summed E-state index contributed by atoms with van der Waals surface area (Å²) in [6, 6.07) is 22.4. The summed E-state index contributed by atoms with van der Waals surface area (Å²) in [5, 5.41) is 17.1. The number of aromatic carboxylic acids is 2. The molecule has 0 aliphatic heterocycles. The van der Waals surface area contributed by atoms with E-state index in [2.05, 4.69) is 62.4 Å². The van der Waals surface area contributed by atoms with Crippen molar-refractivity contribution < 1.29 is 19.8 Å². The van der Waals surface area contributed by atoms with Gasteiger partial charge in [0.15, 0.2) is 0 Å². The third-order valence-electron chi connectivity index (χ3n) is 4.08. The summed E-state index contributed by atoms with van der Waals surface area (Å²) in [4.78, 5) is 20.9. The first-order valence-electron chi connectivity index (χ1n) is 8.09. The van der Waals surface area contributed by atoms with Crippen molar-refractivity contribution in [2.45, 2.75) is 13.8 Å². The monoisotopic (exact) mass is 348 g/mol. The van der Waals surface area contributed by atoms with Gasteiger partial charge in [0, 0.05) is 0 Å². The van der Waals surface area contributed by atoms with Gasteiger partial charge in [0.25, 0.3) is 0 Å². The molecule has 3 rings (SSSR count). The van der Waals surface area contributed by atoms with Gasteiger partial charge >= 0.3 is 11.9 Å². The van der Waals surface area contributed by atoms with Crippen LogP contribution in [0.2, 0.25) is 0 Å². The normalized spacial score (nSPS) is 9.77. The Hall–Kier alpha value is -3.40. The molecule has 26 heavy (non-hydrogen) atoms. The summed E-state index contributed by atoms with van der Waals surface area (Å²) in [5.41, 5.74) is 4.99.